The molecule has 1 fully saturated rings. The fourth-order valence-corrected chi connectivity index (χ4v) is 8.78. The van der Waals surface area contributed by atoms with Crippen molar-refractivity contribution in [1.29, 1.82) is 0 Å². The number of aliphatic hydroxyl groups is 1. The number of thiazole rings is 1. The molecular weight excluding hydrogens is 771 g/mol. The second-order valence-corrected chi connectivity index (χ2v) is 18.9. The molecule has 1 aromatic heterocycles. The summed E-state index contributed by atoms with van der Waals surface area (Å²) in [6.07, 6.45) is -1.49. The number of carbonyl (C=O) groups excluding carboxylic acids is 4. The third kappa shape index (κ3) is 12.7. The van der Waals surface area contributed by atoms with Crippen LogP contribution in [0.3, 0.4) is 0 Å². The van der Waals surface area contributed by atoms with Crippen LogP contribution in [0.4, 0.5) is 15.3 Å². The molecule has 0 bridgehead atoms. The fraction of sp³-hybridized carbons (Fsp3) is 0.525. The van der Waals surface area contributed by atoms with Gasteiger partial charge in [0.1, 0.15) is 24.5 Å². The molecule has 4 amide bonds. The zero-order chi connectivity index (χ0) is 42.1. The van der Waals surface area contributed by atoms with Gasteiger partial charge in [0.25, 0.3) is 0 Å². The highest BCUT2D eigenvalue weighted by Crippen LogP contribution is 2.25. The van der Waals surface area contributed by atoms with Crippen molar-refractivity contribution >= 4 is 51.4 Å². The number of anilines is 1. The van der Waals surface area contributed by atoms with Gasteiger partial charge in [0, 0.05) is 31.6 Å². The van der Waals surface area contributed by atoms with Crippen LogP contribution in [0, 0.1) is 18.8 Å². The number of nitrogens with one attached hydrogen (secondary N) is 2. The Morgan fingerprint density at radius 1 is 1.05 bits per heavy atom. The summed E-state index contributed by atoms with van der Waals surface area (Å²) in [5.41, 5.74) is 3.74. The van der Waals surface area contributed by atoms with Crippen LogP contribution in [-0.2, 0) is 37.3 Å². The maximum atomic E-state index is 14.3. The maximum Gasteiger partial charge on any atom is 0.429 e. The van der Waals surface area contributed by atoms with Crippen molar-refractivity contribution in [2.75, 3.05) is 38.1 Å². The number of amides is 4. The van der Waals surface area contributed by atoms with E-state index in [2.05, 4.69) is 15.7 Å². The molecule has 3 aromatic rings. The number of ether oxygens (including phenoxy) is 1. The lowest BCUT2D eigenvalue weighted by atomic mass is 9.97. The molecule has 0 aliphatic carbocycles. The molecule has 57 heavy (non-hydrogen) atoms. The summed E-state index contributed by atoms with van der Waals surface area (Å²) in [5.74, 6) is -0.874. The van der Waals surface area contributed by atoms with Gasteiger partial charge in [-0.25, -0.2) is 28.0 Å². The highest BCUT2D eigenvalue weighted by atomic mass is 32.2. The molecule has 4 rings (SSSR count). The summed E-state index contributed by atoms with van der Waals surface area (Å²) < 4.78 is 35.3. The zero-order valence-electron chi connectivity index (χ0n) is 34.0. The maximum absolute atomic E-state index is 14.3. The van der Waals surface area contributed by atoms with E-state index in [1.807, 2.05) is 70.3 Å². The summed E-state index contributed by atoms with van der Waals surface area (Å²) in [5, 5.41) is 18.7. The van der Waals surface area contributed by atoms with Crippen LogP contribution in [0.25, 0.3) is 0 Å². The average molecular weight is 828 g/mol. The molecule has 2 heterocycles. The van der Waals surface area contributed by atoms with Crippen molar-refractivity contribution in [1.82, 2.24) is 29.4 Å². The van der Waals surface area contributed by atoms with Crippen molar-refractivity contribution in [3.8, 4) is 0 Å². The third-order valence-electron chi connectivity index (χ3n) is 9.04. The predicted molar refractivity (Wildman–Crippen MR) is 219 cm³/mol. The lowest BCUT2D eigenvalue weighted by Gasteiger charge is -2.34. The molecule has 17 heteroatoms. The van der Waals surface area contributed by atoms with Crippen LogP contribution >= 0.6 is 11.3 Å². The van der Waals surface area contributed by atoms with E-state index in [9.17, 15) is 32.7 Å². The number of aryl methyl sites for hydroxylation is 1. The summed E-state index contributed by atoms with van der Waals surface area (Å²) >= 11 is 1.51. The van der Waals surface area contributed by atoms with Crippen LogP contribution < -0.4 is 10.7 Å². The molecule has 3 N–H and O–H groups in total. The quantitative estimate of drug-likeness (QED) is 0.111. The number of benzene rings is 2. The summed E-state index contributed by atoms with van der Waals surface area (Å²) in [6.45, 7) is 14.8. The Morgan fingerprint density at radius 2 is 1.75 bits per heavy atom. The first-order valence-electron chi connectivity index (χ1n) is 19.1. The van der Waals surface area contributed by atoms with E-state index in [1.165, 1.54) is 33.8 Å². The van der Waals surface area contributed by atoms with Crippen LogP contribution in [0.1, 0.15) is 64.7 Å². The molecule has 0 radical (unpaired) electrons. The monoisotopic (exact) mass is 827 g/mol. The molecule has 15 nitrogen and oxygen atoms in total. The lowest BCUT2D eigenvalue weighted by molar-refractivity contribution is -0.128. The Labute approximate surface area is 340 Å². The van der Waals surface area contributed by atoms with Crippen molar-refractivity contribution in [3.05, 3.63) is 76.2 Å². The number of nitrogens with zero attached hydrogens (tertiary/aromatic N) is 5. The van der Waals surface area contributed by atoms with E-state index in [4.69, 9.17) is 4.74 Å². The zero-order valence-corrected chi connectivity index (χ0v) is 35.7. The van der Waals surface area contributed by atoms with Gasteiger partial charge in [-0.3, -0.25) is 10.2 Å². The van der Waals surface area contributed by atoms with Crippen molar-refractivity contribution in [2.24, 2.45) is 11.8 Å². The predicted octanol–water partition coefficient (Wildman–Crippen LogP) is 4.91. The first-order valence-corrected chi connectivity index (χ1v) is 21.4. The minimum absolute atomic E-state index is 0.0451. The minimum atomic E-state index is -4.27. The molecule has 312 valence electrons. The highest BCUT2D eigenvalue weighted by Gasteiger charge is 2.41. The van der Waals surface area contributed by atoms with Crippen molar-refractivity contribution in [2.45, 2.75) is 97.0 Å². The highest BCUT2D eigenvalue weighted by molar-refractivity contribution is 7.89. The van der Waals surface area contributed by atoms with E-state index in [0.717, 1.165) is 21.3 Å². The van der Waals surface area contributed by atoms with Gasteiger partial charge >= 0.3 is 12.1 Å². The number of aromatic nitrogens is 1. The summed E-state index contributed by atoms with van der Waals surface area (Å²) in [6, 6.07) is 13.0. The second-order valence-electron chi connectivity index (χ2n) is 15.9. The number of hydrogen-bond acceptors (Lipinski definition) is 11. The molecule has 0 spiro atoms. The van der Waals surface area contributed by atoms with Gasteiger partial charge in [0.15, 0.2) is 0 Å². The van der Waals surface area contributed by atoms with E-state index in [0.29, 0.717) is 25.9 Å². The Kier molecular flexibility index (Phi) is 15.6. The molecule has 0 unspecified atom stereocenters. The number of hydrogen-bond donors (Lipinski definition) is 3. The minimum Gasteiger partial charge on any atom is -0.442 e. The van der Waals surface area contributed by atoms with Crippen molar-refractivity contribution < 1.29 is 37.4 Å². The molecular formula is C40H57N7O8S2. The Bertz CT molecular complexity index is 1930. The van der Waals surface area contributed by atoms with Crippen molar-refractivity contribution in [3.63, 3.8) is 0 Å². The molecule has 1 aliphatic heterocycles. The molecule has 2 aromatic carbocycles. The second kappa shape index (κ2) is 19.7. The first kappa shape index (κ1) is 45.1. The van der Waals surface area contributed by atoms with E-state index in [-0.39, 0.29) is 54.5 Å². The number of sulfonamides is 1. The lowest BCUT2D eigenvalue weighted by Crippen LogP contribution is -2.57. The number of urea groups is 1. The number of carbonyl (C=O) groups is 4. The number of aldehydes is 1. The van der Waals surface area contributed by atoms with Gasteiger partial charge in [-0.1, -0.05) is 64.1 Å². The van der Waals surface area contributed by atoms with E-state index >= 15 is 0 Å². The Morgan fingerprint density at radius 3 is 2.35 bits per heavy atom. The largest absolute Gasteiger partial charge is 0.442 e. The van der Waals surface area contributed by atoms with Crippen LogP contribution in [0.2, 0.25) is 0 Å². The fourth-order valence-electron chi connectivity index (χ4n) is 6.51. The number of rotatable bonds is 19. The van der Waals surface area contributed by atoms with E-state index in [1.54, 1.807) is 36.6 Å². The number of aliphatic hydroxyl groups excluding tert-OH is 1. The van der Waals surface area contributed by atoms with Gasteiger partial charge in [-0.2, -0.15) is 4.31 Å². The SMILES string of the molecule is Cc1nc(CN2CCN([C@H](C(=O)N[C@@H](Cc3ccccc3)[C@H](O)CN(CC(C)C)S(=O)(=O)c3cccc(NN(CC=O)C(=O)OC(C)(C)C)c3)C(C)C)C2=O)cs1. The molecule has 3 atom stereocenters. The standard InChI is InChI=1S/C40H57N7O8S2/c1-27(2)23-45(57(53,54)33-16-12-15-31(22-33)43-47(19-20-48)39(52)55-40(6,7)8)25-35(49)34(21-30-13-10-9-11-14-30)42-37(50)36(28(3)4)46-18-17-44(38(46)51)24-32-26-56-29(5)41-32/h9-16,20,22,26-28,34-36,43,49H,17-19,21,23-25H2,1-8H3,(H,42,50)/t34-,35+,36-/m0/s1. The molecule has 1 aliphatic rings. The average Bonchev–Trinajstić information content (AvgIpc) is 3.70. The van der Waals surface area contributed by atoms with Gasteiger partial charge in [-0.15, -0.1) is 11.3 Å². The summed E-state index contributed by atoms with van der Waals surface area (Å²) in [4.78, 5) is 59.7. The van der Waals surface area contributed by atoms with Gasteiger partial charge in [0.05, 0.1) is 40.0 Å². The van der Waals surface area contributed by atoms with Gasteiger partial charge in [0.2, 0.25) is 15.9 Å². The molecule has 1 saturated heterocycles. The topological polar surface area (TPSA) is 182 Å². The first-order chi connectivity index (χ1) is 26.8. The van der Waals surface area contributed by atoms with Gasteiger partial charge in [-0.05, 0) is 69.7 Å². The Balaban J connectivity index is 1.58. The Hall–Kier alpha value is -4.58. The summed E-state index contributed by atoms with van der Waals surface area (Å²) in [7, 11) is -4.27. The molecule has 0 saturated carbocycles. The normalized spacial score (nSPS) is 15.2. The van der Waals surface area contributed by atoms with Gasteiger partial charge < -0.3 is 29.8 Å². The van der Waals surface area contributed by atoms with Crippen LogP contribution in [0.15, 0.2) is 64.9 Å². The number of hydrazine groups is 1. The third-order valence-corrected chi connectivity index (χ3v) is 11.7. The smallest absolute Gasteiger partial charge is 0.429 e. The van der Waals surface area contributed by atoms with Crippen LogP contribution in [-0.4, -0.2) is 118 Å². The van der Waals surface area contributed by atoms with E-state index < -0.39 is 45.8 Å². The van der Waals surface area contributed by atoms with Crippen LogP contribution in [0.5, 0.6) is 0 Å².